The standard InChI is InChI=1S/C26H48N4/c1-19(2)11-23(9)15-25(17-27,13-21(5)6)29-30-26(18-28,14-22(7)8)16-24(10)12-20(3)4/h19-24H,11-16H2,1-10H3. The van der Waals surface area contributed by atoms with Gasteiger partial charge in [-0.2, -0.15) is 20.8 Å². The molecule has 0 N–H and O–H groups in total. The van der Waals surface area contributed by atoms with Crippen LogP contribution in [0, 0.1) is 58.2 Å². The maximum Gasteiger partial charge on any atom is 0.168 e. The zero-order chi connectivity index (χ0) is 23.5. The van der Waals surface area contributed by atoms with E-state index >= 15 is 0 Å². The summed E-state index contributed by atoms with van der Waals surface area (Å²) in [5, 5.41) is 29.8. The lowest BCUT2D eigenvalue weighted by Gasteiger charge is -2.31. The van der Waals surface area contributed by atoms with Crippen LogP contribution in [-0.4, -0.2) is 11.1 Å². The average molecular weight is 417 g/mol. The van der Waals surface area contributed by atoms with Gasteiger partial charge in [-0.05, 0) is 74.0 Å². The van der Waals surface area contributed by atoms with Crippen molar-refractivity contribution in [2.45, 2.75) is 119 Å². The number of rotatable bonds is 14. The fourth-order valence-electron chi connectivity index (χ4n) is 5.03. The average Bonchev–Trinajstić information content (AvgIpc) is 2.56. The second kappa shape index (κ2) is 13.1. The van der Waals surface area contributed by atoms with Gasteiger partial charge in [0.05, 0.1) is 12.1 Å². The highest BCUT2D eigenvalue weighted by Gasteiger charge is 2.38. The molecule has 4 atom stereocenters. The van der Waals surface area contributed by atoms with Crippen molar-refractivity contribution < 1.29 is 0 Å². The van der Waals surface area contributed by atoms with Gasteiger partial charge in [-0.3, -0.25) is 0 Å². The zero-order valence-corrected chi connectivity index (χ0v) is 21.5. The van der Waals surface area contributed by atoms with Gasteiger partial charge in [0, 0.05) is 0 Å². The first-order valence-electron chi connectivity index (χ1n) is 12.0. The number of azo groups is 1. The predicted octanol–water partition coefficient (Wildman–Crippen LogP) is 8.20. The Morgan fingerprint density at radius 1 is 0.533 bits per heavy atom. The first-order valence-corrected chi connectivity index (χ1v) is 12.0. The third-order valence-electron chi connectivity index (χ3n) is 5.46. The second-order valence-corrected chi connectivity index (χ2v) is 11.6. The minimum absolute atomic E-state index is 0.344. The summed E-state index contributed by atoms with van der Waals surface area (Å²) in [6.45, 7) is 21.8. The molecular weight excluding hydrogens is 368 g/mol. The van der Waals surface area contributed by atoms with Gasteiger partial charge in [-0.1, -0.05) is 69.2 Å². The molecule has 0 bridgehead atoms. The number of hydrogen-bond donors (Lipinski definition) is 0. The van der Waals surface area contributed by atoms with Gasteiger partial charge >= 0.3 is 0 Å². The van der Waals surface area contributed by atoms with E-state index in [1.54, 1.807) is 0 Å². The van der Waals surface area contributed by atoms with Crippen molar-refractivity contribution in [3.05, 3.63) is 0 Å². The largest absolute Gasteiger partial charge is 0.196 e. The lowest BCUT2D eigenvalue weighted by molar-refractivity contribution is 0.268. The maximum atomic E-state index is 10.2. The Bertz CT molecular complexity index is 541. The van der Waals surface area contributed by atoms with Crippen LogP contribution in [-0.2, 0) is 0 Å². The summed E-state index contributed by atoms with van der Waals surface area (Å²) >= 11 is 0. The molecule has 0 rings (SSSR count). The summed E-state index contributed by atoms with van der Waals surface area (Å²) < 4.78 is 0. The van der Waals surface area contributed by atoms with E-state index in [2.05, 4.69) is 81.4 Å². The van der Waals surface area contributed by atoms with Crippen molar-refractivity contribution in [2.24, 2.45) is 45.7 Å². The van der Waals surface area contributed by atoms with Gasteiger partial charge in [0.25, 0.3) is 0 Å². The van der Waals surface area contributed by atoms with Crippen LogP contribution in [0.4, 0.5) is 0 Å². The fourth-order valence-corrected chi connectivity index (χ4v) is 5.03. The molecule has 0 heterocycles. The molecule has 0 saturated carbocycles. The minimum Gasteiger partial charge on any atom is -0.196 e. The molecule has 0 aliphatic rings. The molecule has 0 aliphatic carbocycles. The highest BCUT2D eigenvalue weighted by atomic mass is 15.2. The second-order valence-electron chi connectivity index (χ2n) is 11.6. The molecule has 0 aromatic carbocycles. The van der Waals surface area contributed by atoms with E-state index in [-0.39, 0.29) is 0 Å². The lowest BCUT2D eigenvalue weighted by atomic mass is 9.80. The van der Waals surface area contributed by atoms with Crippen molar-refractivity contribution in [2.75, 3.05) is 0 Å². The molecule has 0 spiro atoms. The monoisotopic (exact) mass is 416 g/mol. The molecule has 4 unspecified atom stereocenters. The first kappa shape index (κ1) is 28.6. The van der Waals surface area contributed by atoms with Crippen molar-refractivity contribution in [3.8, 4) is 12.1 Å². The molecule has 0 aromatic rings. The lowest BCUT2D eigenvalue weighted by Crippen LogP contribution is -2.33. The highest BCUT2D eigenvalue weighted by Crippen LogP contribution is 2.36. The summed E-state index contributed by atoms with van der Waals surface area (Å²) in [5.41, 5.74) is -1.69. The quantitative estimate of drug-likeness (QED) is 0.268. The van der Waals surface area contributed by atoms with E-state index < -0.39 is 11.1 Å². The van der Waals surface area contributed by atoms with Crippen LogP contribution in [0.25, 0.3) is 0 Å². The van der Waals surface area contributed by atoms with Crippen LogP contribution in [0.2, 0.25) is 0 Å². The van der Waals surface area contributed by atoms with Crippen molar-refractivity contribution in [1.29, 1.82) is 10.5 Å². The summed E-state index contributed by atoms with van der Waals surface area (Å²) in [7, 11) is 0. The Morgan fingerprint density at radius 2 is 0.833 bits per heavy atom. The van der Waals surface area contributed by atoms with Gasteiger partial charge in [0.1, 0.15) is 0 Å². The van der Waals surface area contributed by atoms with E-state index in [1.165, 1.54) is 0 Å². The van der Waals surface area contributed by atoms with E-state index in [0.29, 0.717) is 61.2 Å². The van der Waals surface area contributed by atoms with Gasteiger partial charge in [0.15, 0.2) is 11.1 Å². The summed E-state index contributed by atoms with van der Waals surface area (Å²) in [6.07, 6.45) is 4.90. The van der Waals surface area contributed by atoms with Crippen LogP contribution in [0.15, 0.2) is 10.2 Å². The normalized spacial score (nSPS) is 18.4. The smallest absolute Gasteiger partial charge is 0.168 e. The fraction of sp³-hybridized carbons (Fsp3) is 0.923. The van der Waals surface area contributed by atoms with Gasteiger partial charge < -0.3 is 0 Å². The molecule has 30 heavy (non-hydrogen) atoms. The Labute approximate surface area is 187 Å². The van der Waals surface area contributed by atoms with Crippen LogP contribution in [0.5, 0.6) is 0 Å². The minimum atomic E-state index is -0.844. The van der Waals surface area contributed by atoms with Gasteiger partial charge in [0.2, 0.25) is 0 Å². The number of hydrogen-bond acceptors (Lipinski definition) is 4. The summed E-state index contributed by atoms with van der Waals surface area (Å²) in [4.78, 5) is 0. The van der Waals surface area contributed by atoms with E-state index in [1.807, 2.05) is 0 Å². The number of nitrogens with zero attached hydrogens (tertiary/aromatic N) is 4. The van der Waals surface area contributed by atoms with Gasteiger partial charge in [-0.15, -0.1) is 0 Å². The summed E-state index contributed by atoms with van der Waals surface area (Å²) in [6, 6.07) is 5.03. The molecule has 0 amide bonds. The third kappa shape index (κ3) is 11.1. The van der Waals surface area contributed by atoms with E-state index in [0.717, 1.165) is 12.8 Å². The molecule has 4 heteroatoms. The van der Waals surface area contributed by atoms with Crippen molar-refractivity contribution in [3.63, 3.8) is 0 Å². The Balaban J connectivity index is 5.99. The first-order chi connectivity index (χ1) is 13.8. The molecule has 4 nitrogen and oxygen atoms in total. The van der Waals surface area contributed by atoms with Gasteiger partial charge in [-0.25, -0.2) is 0 Å². The molecule has 0 aliphatic heterocycles. The van der Waals surface area contributed by atoms with Crippen LogP contribution < -0.4 is 0 Å². The van der Waals surface area contributed by atoms with Crippen molar-refractivity contribution >= 4 is 0 Å². The zero-order valence-electron chi connectivity index (χ0n) is 21.5. The Morgan fingerprint density at radius 3 is 1.03 bits per heavy atom. The molecule has 172 valence electrons. The molecular formula is C26H48N4. The van der Waals surface area contributed by atoms with Crippen LogP contribution in [0.1, 0.15) is 108 Å². The van der Waals surface area contributed by atoms with E-state index in [4.69, 9.17) is 10.2 Å². The summed E-state index contributed by atoms with van der Waals surface area (Å²) in [5.74, 6) is 2.65. The maximum absolute atomic E-state index is 10.2. The molecule has 0 fully saturated rings. The Kier molecular flexibility index (Phi) is 12.5. The topological polar surface area (TPSA) is 72.3 Å². The van der Waals surface area contributed by atoms with Crippen molar-refractivity contribution in [1.82, 2.24) is 0 Å². The predicted molar refractivity (Wildman–Crippen MR) is 127 cm³/mol. The SMILES string of the molecule is CC(C)CC(C)CC(C#N)(CC(C)C)N=NC(C#N)(CC(C)C)CC(C)CC(C)C. The molecule has 0 saturated heterocycles. The molecule has 0 aromatic heterocycles. The third-order valence-corrected chi connectivity index (χ3v) is 5.46. The molecule has 0 radical (unpaired) electrons. The highest BCUT2D eigenvalue weighted by molar-refractivity contribution is 5.12. The van der Waals surface area contributed by atoms with Crippen LogP contribution >= 0.6 is 0 Å². The van der Waals surface area contributed by atoms with E-state index in [9.17, 15) is 10.5 Å². The Hall–Kier alpha value is -1.42. The van der Waals surface area contributed by atoms with Crippen LogP contribution in [0.3, 0.4) is 0 Å². The number of nitriles is 2.